The van der Waals surface area contributed by atoms with Gasteiger partial charge in [-0.1, -0.05) is 12.1 Å². The first-order valence-corrected chi connectivity index (χ1v) is 6.76. The summed E-state index contributed by atoms with van der Waals surface area (Å²) in [5.41, 5.74) is 1.82. The van der Waals surface area contributed by atoms with Gasteiger partial charge < -0.3 is 15.1 Å². The van der Waals surface area contributed by atoms with E-state index in [9.17, 15) is 14.4 Å². The van der Waals surface area contributed by atoms with E-state index in [-0.39, 0.29) is 30.7 Å². The molecule has 6 heteroatoms. The van der Waals surface area contributed by atoms with Crippen LogP contribution >= 0.6 is 0 Å². The Morgan fingerprint density at radius 3 is 2.81 bits per heavy atom. The lowest BCUT2D eigenvalue weighted by molar-refractivity contribution is -0.144. The lowest BCUT2D eigenvalue weighted by Gasteiger charge is -2.30. The van der Waals surface area contributed by atoms with Gasteiger partial charge in [-0.25, -0.2) is 0 Å². The van der Waals surface area contributed by atoms with E-state index < -0.39 is 6.04 Å². The average molecular weight is 289 g/mol. The largest absolute Gasteiger partial charge is 0.342 e. The predicted octanol–water partition coefficient (Wildman–Crippen LogP) is 0.305. The van der Waals surface area contributed by atoms with E-state index >= 15 is 0 Å². The van der Waals surface area contributed by atoms with Gasteiger partial charge in [0.05, 0.1) is 13.0 Å². The molecular weight excluding hydrogens is 270 g/mol. The molecule has 0 spiro atoms. The third kappa shape index (κ3) is 3.39. The van der Waals surface area contributed by atoms with E-state index in [1.54, 1.807) is 14.1 Å². The fraction of sp³-hybridized carbons (Fsp3) is 0.400. The van der Waals surface area contributed by atoms with Crippen LogP contribution in [-0.2, 0) is 14.4 Å². The quantitative estimate of drug-likeness (QED) is 0.870. The van der Waals surface area contributed by atoms with Crippen LogP contribution < -0.4 is 10.2 Å². The zero-order valence-electron chi connectivity index (χ0n) is 12.4. The minimum atomic E-state index is -0.781. The Balaban J connectivity index is 2.07. The van der Waals surface area contributed by atoms with Crippen LogP contribution in [0, 0.1) is 6.92 Å². The van der Waals surface area contributed by atoms with Crippen LogP contribution in [0.1, 0.15) is 12.0 Å². The Labute approximate surface area is 123 Å². The molecule has 0 bridgehead atoms. The third-order valence-corrected chi connectivity index (χ3v) is 3.53. The summed E-state index contributed by atoms with van der Waals surface area (Å²) < 4.78 is 0. The molecule has 0 saturated carbocycles. The van der Waals surface area contributed by atoms with Gasteiger partial charge >= 0.3 is 0 Å². The number of nitrogens with zero attached hydrogens (tertiary/aromatic N) is 2. The fourth-order valence-electron chi connectivity index (χ4n) is 2.29. The van der Waals surface area contributed by atoms with E-state index in [2.05, 4.69) is 5.32 Å². The van der Waals surface area contributed by atoms with Crippen molar-refractivity contribution in [2.24, 2.45) is 0 Å². The summed E-state index contributed by atoms with van der Waals surface area (Å²) in [6.45, 7) is 1.99. The Kier molecular flexibility index (Phi) is 4.26. The Hall–Kier alpha value is -2.37. The van der Waals surface area contributed by atoms with Crippen molar-refractivity contribution < 1.29 is 14.4 Å². The number of aryl methyl sites for hydroxylation is 1. The van der Waals surface area contributed by atoms with Gasteiger partial charge in [-0.05, 0) is 24.6 Å². The molecule has 1 aliphatic heterocycles. The molecule has 1 saturated heterocycles. The number of carbonyl (C=O) groups is 3. The molecule has 1 N–H and O–H groups in total. The van der Waals surface area contributed by atoms with Gasteiger partial charge in [0.1, 0.15) is 6.04 Å². The molecule has 112 valence electrons. The SMILES string of the molecule is Cc1cccc(N(C)C(=O)C[C@@H]2NC(=O)CN(C)C2=O)c1. The summed E-state index contributed by atoms with van der Waals surface area (Å²) in [5.74, 6) is -0.691. The number of carbonyl (C=O) groups excluding carboxylic acids is 3. The third-order valence-electron chi connectivity index (χ3n) is 3.53. The maximum Gasteiger partial charge on any atom is 0.245 e. The minimum Gasteiger partial charge on any atom is -0.342 e. The molecule has 2 rings (SSSR count). The number of hydrogen-bond donors (Lipinski definition) is 1. The lowest BCUT2D eigenvalue weighted by atomic mass is 10.1. The fourth-order valence-corrected chi connectivity index (χ4v) is 2.29. The molecule has 0 aliphatic carbocycles. The van der Waals surface area contributed by atoms with E-state index in [0.717, 1.165) is 11.3 Å². The van der Waals surface area contributed by atoms with Crippen LogP contribution in [-0.4, -0.2) is 49.3 Å². The standard InChI is InChI=1S/C15H19N3O3/c1-10-5-4-6-11(7-10)18(3)14(20)8-12-15(21)17(2)9-13(19)16-12/h4-7,12H,8-9H2,1-3H3,(H,16,19)/t12-/m0/s1. The zero-order valence-corrected chi connectivity index (χ0v) is 12.4. The van der Waals surface area contributed by atoms with Crippen molar-refractivity contribution in [3.63, 3.8) is 0 Å². The Morgan fingerprint density at radius 2 is 2.14 bits per heavy atom. The topological polar surface area (TPSA) is 69.7 Å². The normalized spacial score (nSPS) is 18.4. The molecule has 0 radical (unpaired) electrons. The van der Waals surface area contributed by atoms with Gasteiger partial charge in [0.2, 0.25) is 17.7 Å². The number of likely N-dealkylation sites (N-methyl/N-ethyl adjacent to an activating group) is 1. The van der Waals surface area contributed by atoms with Gasteiger partial charge in [-0.3, -0.25) is 14.4 Å². The summed E-state index contributed by atoms with van der Waals surface area (Å²) in [7, 11) is 3.22. The van der Waals surface area contributed by atoms with Crippen LogP contribution in [0.2, 0.25) is 0 Å². The number of amides is 3. The summed E-state index contributed by atoms with van der Waals surface area (Å²) in [6, 6.07) is 6.76. The van der Waals surface area contributed by atoms with Crippen LogP contribution in [0.15, 0.2) is 24.3 Å². The number of hydrogen-bond acceptors (Lipinski definition) is 3. The second-order valence-corrected chi connectivity index (χ2v) is 5.31. The molecule has 1 atom stereocenters. The van der Waals surface area contributed by atoms with Crippen molar-refractivity contribution >= 4 is 23.4 Å². The zero-order chi connectivity index (χ0) is 15.6. The maximum atomic E-state index is 12.3. The van der Waals surface area contributed by atoms with Crippen molar-refractivity contribution in [3.8, 4) is 0 Å². The first kappa shape index (κ1) is 15.0. The molecule has 1 heterocycles. The van der Waals surface area contributed by atoms with Crippen LogP contribution in [0.25, 0.3) is 0 Å². The van der Waals surface area contributed by atoms with Gasteiger partial charge in [-0.15, -0.1) is 0 Å². The van der Waals surface area contributed by atoms with Crippen molar-refractivity contribution in [1.82, 2.24) is 10.2 Å². The molecule has 0 unspecified atom stereocenters. The van der Waals surface area contributed by atoms with E-state index in [0.29, 0.717) is 0 Å². The average Bonchev–Trinajstić information content (AvgIpc) is 2.43. The van der Waals surface area contributed by atoms with E-state index in [4.69, 9.17) is 0 Å². The first-order valence-electron chi connectivity index (χ1n) is 6.76. The monoisotopic (exact) mass is 289 g/mol. The molecule has 1 aliphatic rings. The van der Waals surface area contributed by atoms with Crippen LogP contribution in [0.4, 0.5) is 5.69 Å². The van der Waals surface area contributed by atoms with Crippen molar-refractivity contribution in [2.45, 2.75) is 19.4 Å². The molecule has 6 nitrogen and oxygen atoms in total. The summed E-state index contributed by atoms with van der Waals surface area (Å²) in [6.07, 6.45) is -0.0423. The van der Waals surface area contributed by atoms with Crippen LogP contribution in [0.5, 0.6) is 0 Å². The lowest BCUT2D eigenvalue weighted by Crippen LogP contribution is -2.57. The molecular formula is C15H19N3O3. The summed E-state index contributed by atoms with van der Waals surface area (Å²) in [4.78, 5) is 38.5. The molecule has 1 fully saturated rings. The van der Waals surface area contributed by atoms with Crippen molar-refractivity contribution in [3.05, 3.63) is 29.8 Å². The van der Waals surface area contributed by atoms with E-state index in [1.165, 1.54) is 9.80 Å². The number of nitrogens with one attached hydrogen (secondary N) is 1. The molecule has 1 aromatic carbocycles. The van der Waals surface area contributed by atoms with Gasteiger partial charge in [0.25, 0.3) is 0 Å². The van der Waals surface area contributed by atoms with Gasteiger partial charge in [0.15, 0.2) is 0 Å². The highest BCUT2D eigenvalue weighted by atomic mass is 16.2. The second kappa shape index (κ2) is 5.95. The maximum absolute atomic E-state index is 12.3. The molecule has 1 aromatic rings. The van der Waals surface area contributed by atoms with Crippen molar-refractivity contribution in [1.29, 1.82) is 0 Å². The van der Waals surface area contributed by atoms with E-state index in [1.807, 2.05) is 31.2 Å². The minimum absolute atomic E-state index is 0.0389. The smallest absolute Gasteiger partial charge is 0.245 e. The number of rotatable bonds is 3. The highest BCUT2D eigenvalue weighted by Gasteiger charge is 2.32. The number of benzene rings is 1. The van der Waals surface area contributed by atoms with Gasteiger partial charge in [0, 0.05) is 19.8 Å². The van der Waals surface area contributed by atoms with Gasteiger partial charge in [-0.2, -0.15) is 0 Å². The Bertz CT molecular complexity index is 585. The van der Waals surface area contributed by atoms with Crippen molar-refractivity contribution in [2.75, 3.05) is 25.5 Å². The molecule has 21 heavy (non-hydrogen) atoms. The molecule has 3 amide bonds. The van der Waals surface area contributed by atoms with Crippen LogP contribution in [0.3, 0.4) is 0 Å². The Morgan fingerprint density at radius 1 is 1.43 bits per heavy atom. The second-order valence-electron chi connectivity index (χ2n) is 5.31. The first-order chi connectivity index (χ1) is 9.88. The summed E-state index contributed by atoms with van der Waals surface area (Å²) in [5, 5.41) is 2.57. The highest BCUT2D eigenvalue weighted by Crippen LogP contribution is 2.16. The highest BCUT2D eigenvalue weighted by molar-refractivity contribution is 6.00. The number of anilines is 1. The number of piperazine rings is 1. The summed E-state index contributed by atoms with van der Waals surface area (Å²) >= 11 is 0. The molecule has 0 aromatic heterocycles. The predicted molar refractivity (Wildman–Crippen MR) is 78.8 cm³/mol.